The topological polar surface area (TPSA) is 64.6 Å². The third-order valence-electron chi connectivity index (χ3n) is 3.67. The summed E-state index contributed by atoms with van der Waals surface area (Å²) >= 11 is 6.02. The van der Waals surface area contributed by atoms with Crippen LogP contribution in [0.1, 0.15) is 18.1 Å². The number of methoxy groups -OCH3 is 1. The molecule has 0 spiro atoms. The van der Waals surface area contributed by atoms with Gasteiger partial charge in [0.25, 0.3) is 5.91 Å². The molecule has 2 rings (SSSR count). The molecule has 26 heavy (non-hydrogen) atoms. The first-order chi connectivity index (χ1) is 12.4. The van der Waals surface area contributed by atoms with Crippen LogP contribution in [-0.4, -0.2) is 25.1 Å². The molecule has 5 nitrogen and oxygen atoms in total. The Bertz CT molecular complexity index is 832. The molecule has 0 aliphatic carbocycles. The second-order valence-corrected chi connectivity index (χ2v) is 6.01. The number of ether oxygens (including phenoxy) is 2. The first-order valence-electron chi connectivity index (χ1n) is 7.99. The lowest BCUT2D eigenvalue weighted by Crippen LogP contribution is -2.29. The first-order valence-corrected chi connectivity index (χ1v) is 8.37. The summed E-state index contributed by atoms with van der Waals surface area (Å²) in [5, 5.41) is 3.01. The molecule has 1 N–H and O–H groups in total. The van der Waals surface area contributed by atoms with E-state index in [2.05, 4.69) is 5.32 Å². The Morgan fingerprint density at radius 3 is 2.58 bits per heavy atom. The minimum absolute atomic E-state index is 0.371. The van der Waals surface area contributed by atoms with Crippen molar-refractivity contribution in [2.45, 2.75) is 20.0 Å². The molecule has 1 amide bonds. The van der Waals surface area contributed by atoms with Crippen molar-refractivity contribution in [3.8, 4) is 5.75 Å². The molecule has 0 radical (unpaired) electrons. The SMILES string of the molecule is COc1ccc(NC(=O)[C@@H](C)OC(=O)/C=C/c2ccccc2C)cc1Cl. The highest BCUT2D eigenvalue weighted by Crippen LogP contribution is 2.27. The van der Waals surface area contributed by atoms with Crippen molar-refractivity contribution in [1.82, 2.24) is 0 Å². The number of anilines is 1. The van der Waals surface area contributed by atoms with Crippen LogP contribution in [0, 0.1) is 6.92 Å². The molecule has 2 aromatic carbocycles. The van der Waals surface area contributed by atoms with Gasteiger partial charge in [0.15, 0.2) is 6.10 Å². The molecular weight excluding hydrogens is 354 g/mol. The lowest BCUT2D eigenvalue weighted by molar-refractivity contribution is -0.148. The molecule has 0 aliphatic rings. The van der Waals surface area contributed by atoms with Gasteiger partial charge in [0.1, 0.15) is 5.75 Å². The second kappa shape index (κ2) is 9.06. The third kappa shape index (κ3) is 5.36. The van der Waals surface area contributed by atoms with Crippen LogP contribution in [0.25, 0.3) is 6.08 Å². The van der Waals surface area contributed by atoms with Gasteiger partial charge in [0.05, 0.1) is 12.1 Å². The van der Waals surface area contributed by atoms with Gasteiger partial charge in [-0.3, -0.25) is 4.79 Å². The molecule has 0 bridgehead atoms. The first kappa shape index (κ1) is 19.5. The number of hydrogen-bond acceptors (Lipinski definition) is 4. The van der Waals surface area contributed by atoms with E-state index in [9.17, 15) is 9.59 Å². The van der Waals surface area contributed by atoms with Crippen molar-refractivity contribution in [2.75, 3.05) is 12.4 Å². The summed E-state index contributed by atoms with van der Waals surface area (Å²) in [6.07, 6.45) is 2.01. The summed E-state index contributed by atoms with van der Waals surface area (Å²) < 4.78 is 10.2. The lowest BCUT2D eigenvalue weighted by atomic mass is 10.1. The molecule has 0 saturated carbocycles. The molecule has 0 unspecified atom stereocenters. The summed E-state index contributed by atoms with van der Waals surface area (Å²) in [7, 11) is 1.51. The van der Waals surface area contributed by atoms with Crippen molar-refractivity contribution in [3.63, 3.8) is 0 Å². The maximum atomic E-state index is 12.2. The smallest absolute Gasteiger partial charge is 0.331 e. The zero-order valence-corrected chi connectivity index (χ0v) is 15.5. The number of nitrogens with one attached hydrogen (secondary N) is 1. The van der Waals surface area contributed by atoms with E-state index in [1.165, 1.54) is 20.1 Å². The fraction of sp³-hybridized carbons (Fsp3) is 0.200. The Hall–Kier alpha value is -2.79. The standard InChI is InChI=1S/C20H20ClNO4/c1-13-6-4-5-7-15(13)8-11-19(23)26-14(2)20(24)22-16-9-10-18(25-3)17(21)12-16/h4-12,14H,1-3H3,(H,22,24)/b11-8+/t14-/m1/s1. The Balaban J connectivity index is 1.93. The maximum absolute atomic E-state index is 12.2. The van der Waals surface area contributed by atoms with Gasteiger partial charge in [-0.05, 0) is 49.2 Å². The highest BCUT2D eigenvalue weighted by atomic mass is 35.5. The van der Waals surface area contributed by atoms with Crippen molar-refractivity contribution >= 4 is 35.2 Å². The van der Waals surface area contributed by atoms with Gasteiger partial charge in [0, 0.05) is 11.8 Å². The monoisotopic (exact) mass is 373 g/mol. The van der Waals surface area contributed by atoms with E-state index in [-0.39, 0.29) is 0 Å². The van der Waals surface area contributed by atoms with Crippen LogP contribution in [0.2, 0.25) is 5.02 Å². The number of halogens is 1. The van der Waals surface area contributed by atoms with E-state index >= 15 is 0 Å². The second-order valence-electron chi connectivity index (χ2n) is 5.61. The van der Waals surface area contributed by atoms with Crippen molar-refractivity contribution in [3.05, 3.63) is 64.7 Å². The fourth-order valence-corrected chi connectivity index (χ4v) is 2.44. The maximum Gasteiger partial charge on any atom is 0.331 e. The Kier molecular flexibility index (Phi) is 6.81. The van der Waals surface area contributed by atoms with E-state index in [1.54, 1.807) is 24.3 Å². The Morgan fingerprint density at radius 2 is 1.92 bits per heavy atom. The molecule has 0 heterocycles. The molecule has 0 fully saturated rings. The molecule has 0 aliphatic heterocycles. The minimum atomic E-state index is -0.954. The van der Waals surface area contributed by atoms with Crippen LogP contribution in [0.15, 0.2) is 48.5 Å². The highest BCUT2D eigenvalue weighted by Gasteiger charge is 2.17. The van der Waals surface area contributed by atoms with Gasteiger partial charge in [-0.15, -0.1) is 0 Å². The van der Waals surface area contributed by atoms with E-state index in [1.807, 2.05) is 31.2 Å². The van der Waals surface area contributed by atoms with Crippen molar-refractivity contribution in [1.29, 1.82) is 0 Å². The van der Waals surface area contributed by atoms with Crippen LogP contribution in [-0.2, 0) is 14.3 Å². The number of hydrogen-bond donors (Lipinski definition) is 1. The molecule has 0 aromatic heterocycles. The number of aryl methyl sites for hydroxylation is 1. The largest absolute Gasteiger partial charge is 0.495 e. The summed E-state index contributed by atoms with van der Waals surface area (Å²) in [4.78, 5) is 24.1. The minimum Gasteiger partial charge on any atom is -0.495 e. The van der Waals surface area contributed by atoms with Gasteiger partial charge in [0.2, 0.25) is 0 Å². The van der Waals surface area contributed by atoms with Gasteiger partial charge in [-0.25, -0.2) is 4.79 Å². The average Bonchev–Trinajstić information content (AvgIpc) is 2.61. The van der Waals surface area contributed by atoms with Crippen LogP contribution >= 0.6 is 11.6 Å². The number of esters is 1. The predicted octanol–water partition coefficient (Wildman–Crippen LogP) is 4.24. The van der Waals surface area contributed by atoms with Gasteiger partial charge in [-0.1, -0.05) is 35.9 Å². The van der Waals surface area contributed by atoms with Crippen molar-refractivity contribution < 1.29 is 19.1 Å². The zero-order chi connectivity index (χ0) is 19.1. The molecule has 136 valence electrons. The average molecular weight is 374 g/mol. The van der Waals surface area contributed by atoms with E-state index in [0.29, 0.717) is 16.5 Å². The molecule has 2 aromatic rings. The summed E-state index contributed by atoms with van der Waals surface area (Å²) in [5.41, 5.74) is 2.44. The predicted molar refractivity (Wildman–Crippen MR) is 102 cm³/mol. The molecule has 1 atom stereocenters. The van der Waals surface area contributed by atoms with Gasteiger partial charge in [-0.2, -0.15) is 0 Å². The lowest BCUT2D eigenvalue weighted by Gasteiger charge is -2.13. The van der Waals surface area contributed by atoms with E-state index in [0.717, 1.165) is 11.1 Å². The highest BCUT2D eigenvalue weighted by molar-refractivity contribution is 6.32. The van der Waals surface area contributed by atoms with Crippen LogP contribution in [0.3, 0.4) is 0 Å². The number of carbonyl (C=O) groups is 2. The molecule has 6 heteroatoms. The number of amides is 1. The van der Waals surface area contributed by atoms with Gasteiger partial charge < -0.3 is 14.8 Å². The Morgan fingerprint density at radius 1 is 1.19 bits per heavy atom. The van der Waals surface area contributed by atoms with Crippen LogP contribution < -0.4 is 10.1 Å². The summed E-state index contributed by atoms with van der Waals surface area (Å²) in [5.74, 6) is -0.543. The van der Waals surface area contributed by atoms with Gasteiger partial charge >= 0.3 is 5.97 Å². The zero-order valence-electron chi connectivity index (χ0n) is 14.8. The van der Waals surface area contributed by atoms with E-state index < -0.39 is 18.0 Å². The summed E-state index contributed by atoms with van der Waals surface area (Å²) in [6, 6.07) is 12.5. The quantitative estimate of drug-likeness (QED) is 0.607. The Labute approximate surface area is 157 Å². The fourth-order valence-electron chi connectivity index (χ4n) is 2.19. The number of carbonyl (C=O) groups excluding carboxylic acids is 2. The third-order valence-corrected chi connectivity index (χ3v) is 3.96. The summed E-state index contributed by atoms with van der Waals surface area (Å²) in [6.45, 7) is 3.45. The normalized spacial score (nSPS) is 11.8. The van der Waals surface area contributed by atoms with Crippen LogP contribution in [0.5, 0.6) is 5.75 Å². The van der Waals surface area contributed by atoms with Crippen LogP contribution in [0.4, 0.5) is 5.69 Å². The molecular formula is C20H20ClNO4. The number of benzene rings is 2. The number of rotatable bonds is 6. The van der Waals surface area contributed by atoms with Crippen molar-refractivity contribution in [2.24, 2.45) is 0 Å². The molecule has 0 saturated heterocycles. The van der Waals surface area contributed by atoms with E-state index in [4.69, 9.17) is 21.1 Å².